The maximum Gasteiger partial charge on any atom is -0.00173 e. The monoisotopic (exact) mass is 195 g/mol. The van der Waals surface area contributed by atoms with E-state index in [-0.39, 0.29) is 0 Å². The van der Waals surface area contributed by atoms with E-state index in [0.717, 1.165) is 23.7 Å². The molecule has 3 atom stereocenters. The summed E-state index contributed by atoms with van der Waals surface area (Å²) in [5.41, 5.74) is 0. The molecule has 1 heterocycles. The van der Waals surface area contributed by atoms with Crippen LogP contribution >= 0.6 is 0 Å². The van der Waals surface area contributed by atoms with E-state index in [2.05, 4.69) is 19.2 Å². The number of hydrogen-bond donors (Lipinski definition) is 1. The minimum absolute atomic E-state index is 0.904. The van der Waals surface area contributed by atoms with Gasteiger partial charge in [-0.05, 0) is 56.0 Å². The molecule has 0 aromatic rings. The van der Waals surface area contributed by atoms with Gasteiger partial charge in [0.25, 0.3) is 0 Å². The minimum atomic E-state index is 0.904. The van der Waals surface area contributed by atoms with Crippen LogP contribution in [-0.4, -0.2) is 13.1 Å². The summed E-state index contributed by atoms with van der Waals surface area (Å²) in [7, 11) is 0. The van der Waals surface area contributed by atoms with Crippen molar-refractivity contribution in [2.45, 2.75) is 46.0 Å². The number of rotatable bonds is 2. The van der Waals surface area contributed by atoms with Crippen LogP contribution in [0.3, 0.4) is 0 Å². The molecule has 1 saturated carbocycles. The van der Waals surface area contributed by atoms with Crippen molar-refractivity contribution < 1.29 is 0 Å². The number of hydrogen-bond acceptors (Lipinski definition) is 1. The Balaban J connectivity index is 1.98. The van der Waals surface area contributed by atoms with Crippen LogP contribution in [0.15, 0.2) is 0 Å². The summed E-state index contributed by atoms with van der Waals surface area (Å²) in [6, 6.07) is 0. The molecular weight excluding hydrogens is 170 g/mol. The van der Waals surface area contributed by atoms with Gasteiger partial charge in [-0.25, -0.2) is 0 Å². The highest BCUT2D eigenvalue weighted by Gasteiger charge is 2.34. The predicted octanol–water partition coefficient (Wildman–Crippen LogP) is 3.06. The minimum Gasteiger partial charge on any atom is -0.316 e. The van der Waals surface area contributed by atoms with Crippen molar-refractivity contribution >= 4 is 0 Å². The summed E-state index contributed by atoms with van der Waals surface area (Å²) in [5, 5.41) is 3.53. The molecule has 1 saturated heterocycles. The Bertz CT molecular complexity index is 170. The summed E-state index contributed by atoms with van der Waals surface area (Å²) >= 11 is 0. The molecule has 0 aromatic heterocycles. The van der Waals surface area contributed by atoms with Crippen LogP contribution < -0.4 is 5.32 Å². The van der Waals surface area contributed by atoms with Crippen LogP contribution in [0.2, 0.25) is 0 Å². The predicted molar refractivity (Wildman–Crippen MR) is 61.3 cm³/mol. The Kier molecular flexibility index (Phi) is 3.48. The van der Waals surface area contributed by atoms with E-state index >= 15 is 0 Å². The maximum absolute atomic E-state index is 3.53. The molecular formula is C13H25N. The zero-order valence-electron chi connectivity index (χ0n) is 9.76. The molecule has 0 aromatic carbocycles. The zero-order valence-corrected chi connectivity index (χ0v) is 9.76. The lowest BCUT2D eigenvalue weighted by molar-refractivity contribution is 0.128. The summed E-state index contributed by atoms with van der Waals surface area (Å²) in [6.45, 7) is 7.41. The van der Waals surface area contributed by atoms with Gasteiger partial charge in [0, 0.05) is 0 Å². The van der Waals surface area contributed by atoms with Crippen molar-refractivity contribution in [2.24, 2.45) is 23.7 Å². The van der Waals surface area contributed by atoms with Gasteiger partial charge in [-0.1, -0.05) is 26.7 Å². The standard InChI is InChI=1S/C13H25N/c1-10(2)12-5-3-4-6-13(12)11-7-8-14-9-11/h10-14H,3-9H2,1-2H3. The van der Waals surface area contributed by atoms with E-state index < -0.39 is 0 Å². The fourth-order valence-electron chi connectivity index (χ4n) is 3.64. The van der Waals surface area contributed by atoms with E-state index in [1.165, 1.54) is 45.2 Å². The Morgan fingerprint density at radius 1 is 1.07 bits per heavy atom. The summed E-state index contributed by atoms with van der Waals surface area (Å²) in [5.74, 6) is 3.97. The fourth-order valence-corrected chi connectivity index (χ4v) is 3.64. The van der Waals surface area contributed by atoms with Crippen molar-refractivity contribution in [1.82, 2.24) is 5.32 Å². The van der Waals surface area contributed by atoms with Gasteiger partial charge in [0.2, 0.25) is 0 Å². The van der Waals surface area contributed by atoms with Crippen LogP contribution in [-0.2, 0) is 0 Å². The van der Waals surface area contributed by atoms with E-state index in [4.69, 9.17) is 0 Å². The van der Waals surface area contributed by atoms with Crippen LogP contribution in [0, 0.1) is 23.7 Å². The average molecular weight is 195 g/mol. The summed E-state index contributed by atoms with van der Waals surface area (Å²) in [4.78, 5) is 0. The average Bonchev–Trinajstić information content (AvgIpc) is 2.70. The molecule has 3 unspecified atom stereocenters. The van der Waals surface area contributed by atoms with Crippen LogP contribution in [0.25, 0.3) is 0 Å². The van der Waals surface area contributed by atoms with Crippen molar-refractivity contribution in [3.05, 3.63) is 0 Å². The van der Waals surface area contributed by atoms with Crippen LogP contribution in [0.5, 0.6) is 0 Å². The number of nitrogens with one attached hydrogen (secondary N) is 1. The molecule has 2 fully saturated rings. The molecule has 2 aliphatic rings. The summed E-state index contributed by atoms with van der Waals surface area (Å²) in [6.07, 6.45) is 7.42. The fraction of sp³-hybridized carbons (Fsp3) is 1.00. The first-order valence-electron chi connectivity index (χ1n) is 6.49. The van der Waals surface area contributed by atoms with Gasteiger partial charge in [-0.15, -0.1) is 0 Å². The molecule has 1 N–H and O–H groups in total. The normalized spacial score (nSPS) is 39.2. The second kappa shape index (κ2) is 4.65. The Morgan fingerprint density at radius 3 is 2.50 bits per heavy atom. The Morgan fingerprint density at radius 2 is 1.86 bits per heavy atom. The topological polar surface area (TPSA) is 12.0 Å². The lowest BCUT2D eigenvalue weighted by Crippen LogP contribution is -2.31. The Labute approximate surface area is 88.7 Å². The SMILES string of the molecule is CC(C)C1CCCCC1C1CCNC1. The van der Waals surface area contributed by atoms with Crippen molar-refractivity contribution in [2.75, 3.05) is 13.1 Å². The second-order valence-electron chi connectivity index (χ2n) is 5.61. The molecule has 0 amide bonds. The molecule has 14 heavy (non-hydrogen) atoms. The van der Waals surface area contributed by atoms with Crippen LogP contribution in [0.1, 0.15) is 46.0 Å². The molecule has 82 valence electrons. The first-order valence-corrected chi connectivity index (χ1v) is 6.49. The van der Waals surface area contributed by atoms with Gasteiger partial charge in [-0.3, -0.25) is 0 Å². The van der Waals surface area contributed by atoms with E-state index in [1.54, 1.807) is 0 Å². The molecule has 1 heteroatoms. The third-order valence-electron chi connectivity index (χ3n) is 4.44. The molecule has 0 radical (unpaired) electrons. The smallest absolute Gasteiger partial charge is 0.00173 e. The van der Waals surface area contributed by atoms with Crippen molar-refractivity contribution in [3.8, 4) is 0 Å². The molecule has 0 bridgehead atoms. The molecule has 1 aliphatic heterocycles. The van der Waals surface area contributed by atoms with E-state index in [0.29, 0.717) is 0 Å². The van der Waals surface area contributed by atoms with E-state index in [1.807, 2.05) is 0 Å². The third-order valence-corrected chi connectivity index (χ3v) is 4.44. The molecule has 2 rings (SSSR count). The highest BCUT2D eigenvalue weighted by atomic mass is 14.9. The van der Waals surface area contributed by atoms with Gasteiger partial charge in [-0.2, -0.15) is 0 Å². The maximum atomic E-state index is 3.53. The van der Waals surface area contributed by atoms with Gasteiger partial charge < -0.3 is 5.32 Å². The molecule has 1 nitrogen and oxygen atoms in total. The van der Waals surface area contributed by atoms with Gasteiger partial charge in [0.1, 0.15) is 0 Å². The highest BCUT2D eigenvalue weighted by Crippen LogP contribution is 2.41. The highest BCUT2D eigenvalue weighted by molar-refractivity contribution is 4.86. The lowest BCUT2D eigenvalue weighted by Gasteiger charge is -2.38. The first kappa shape index (κ1) is 10.5. The largest absolute Gasteiger partial charge is 0.316 e. The zero-order chi connectivity index (χ0) is 9.97. The Hall–Kier alpha value is -0.0400. The van der Waals surface area contributed by atoms with E-state index in [9.17, 15) is 0 Å². The second-order valence-corrected chi connectivity index (χ2v) is 5.61. The van der Waals surface area contributed by atoms with Crippen molar-refractivity contribution in [1.29, 1.82) is 0 Å². The lowest BCUT2D eigenvalue weighted by atomic mass is 9.68. The van der Waals surface area contributed by atoms with Gasteiger partial charge in [0.15, 0.2) is 0 Å². The van der Waals surface area contributed by atoms with Crippen molar-refractivity contribution in [3.63, 3.8) is 0 Å². The third kappa shape index (κ3) is 2.13. The van der Waals surface area contributed by atoms with Gasteiger partial charge >= 0.3 is 0 Å². The quantitative estimate of drug-likeness (QED) is 0.714. The molecule has 0 spiro atoms. The molecule has 1 aliphatic carbocycles. The summed E-state index contributed by atoms with van der Waals surface area (Å²) < 4.78 is 0. The van der Waals surface area contributed by atoms with Gasteiger partial charge in [0.05, 0.1) is 0 Å². The van der Waals surface area contributed by atoms with Crippen LogP contribution in [0.4, 0.5) is 0 Å². The first-order chi connectivity index (χ1) is 6.79.